The van der Waals surface area contributed by atoms with Gasteiger partial charge in [0.25, 0.3) is 0 Å². The Morgan fingerprint density at radius 1 is 1.04 bits per heavy atom. The molecule has 0 amide bonds. The average molecular weight is 330 g/mol. The molecule has 0 unspecified atom stereocenters. The van der Waals surface area contributed by atoms with Crippen molar-refractivity contribution < 1.29 is 14.3 Å². The normalized spacial score (nSPS) is 41.7. The van der Waals surface area contributed by atoms with E-state index < -0.39 is 0 Å². The highest BCUT2D eigenvalue weighted by molar-refractivity contribution is 5.96. The minimum Gasteiger partial charge on any atom is -0.491 e. The lowest BCUT2D eigenvalue weighted by molar-refractivity contribution is -0.146. The first-order valence-electron chi connectivity index (χ1n) is 9.77. The highest BCUT2D eigenvalue weighted by atomic mass is 16.5. The molecular formula is C21H30O3. The third-order valence-corrected chi connectivity index (χ3v) is 7.46. The summed E-state index contributed by atoms with van der Waals surface area (Å²) in [6, 6.07) is 0. The van der Waals surface area contributed by atoms with Gasteiger partial charge in [0.1, 0.15) is 17.1 Å². The second kappa shape index (κ2) is 5.44. The van der Waals surface area contributed by atoms with Crippen molar-refractivity contribution in [2.24, 2.45) is 23.2 Å². The molecule has 2 saturated carbocycles. The quantitative estimate of drug-likeness (QED) is 0.652. The van der Waals surface area contributed by atoms with Gasteiger partial charge < -0.3 is 4.74 Å². The van der Waals surface area contributed by atoms with Gasteiger partial charge in [-0.05, 0) is 56.8 Å². The largest absolute Gasteiger partial charge is 0.491 e. The SMILES string of the molecule is CC1(C)CCCC(=O)[C@@H]2C[C@@H]3CC4=C(CCCC4=O)O[C@]3(C)C[C@H]21. The van der Waals surface area contributed by atoms with Crippen molar-refractivity contribution in [1.29, 1.82) is 0 Å². The lowest BCUT2D eigenvalue weighted by atomic mass is 9.56. The Morgan fingerprint density at radius 2 is 1.83 bits per heavy atom. The summed E-state index contributed by atoms with van der Waals surface area (Å²) >= 11 is 0. The predicted octanol–water partition coefficient (Wildman–Crippen LogP) is 4.59. The van der Waals surface area contributed by atoms with Gasteiger partial charge in [0.15, 0.2) is 5.78 Å². The Morgan fingerprint density at radius 3 is 2.62 bits per heavy atom. The van der Waals surface area contributed by atoms with Crippen LogP contribution in [0.4, 0.5) is 0 Å². The predicted molar refractivity (Wildman–Crippen MR) is 92.3 cm³/mol. The monoisotopic (exact) mass is 330 g/mol. The second-order valence-corrected chi connectivity index (χ2v) is 9.46. The molecule has 132 valence electrons. The summed E-state index contributed by atoms with van der Waals surface area (Å²) in [5, 5.41) is 0. The number of carbonyl (C=O) groups excluding carboxylic acids is 2. The van der Waals surface area contributed by atoms with Gasteiger partial charge in [-0.1, -0.05) is 13.8 Å². The highest BCUT2D eigenvalue weighted by Crippen LogP contribution is 2.57. The summed E-state index contributed by atoms with van der Waals surface area (Å²) in [5.74, 6) is 2.62. The second-order valence-electron chi connectivity index (χ2n) is 9.46. The van der Waals surface area contributed by atoms with E-state index in [1.165, 1.54) is 0 Å². The van der Waals surface area contributed by atoms with Gasteiger partial charge in [-0.2, -0.15) is 0 Å². The van der Waals surface area contributed by atoms with Gasteiger partial charge in [-0.15, -0.1) is 0 Å². The number of Topliss-reactive ketones (excluding diaryl/α,β-unsaturated/α-hetero) is 2. The Kier molecular flexibility index (Phi) is 3.71. The highest BCUT2D eigenvalue weighted by Gasteiger charge is 2.55. The molecule has 0 spiro atoms. The first-order chi connectivity index (χ1) is 11.3. The Bertz CT molecular complexity index is 615. The molecule has 3 nitrogen and oxygen atoms in total. The van der Waals surface area contributed by atoms with Crippen LogP contribution in [0.25, 0.3) is 0 Å². The maximum atomic E-state index is 12.7. The number of ketones is 2. The van der Waals surface area contributed by atoms with E-state index in [-0.39, 0.29) is 22.7 Å². The summed E-state index contributed by atoms with van der Waals surface area (Å²) in [5.41, 5.74) is 0.951. The zero-order valence-corrected chi connectivity index (χ0v) is 15.3. The van der Waals surface area contributed by atoms with Crippen molar-refractivity contribution in [3.8, 4) is 0 Å². The van der Waals surface area contributed by atoms with Crippen molar-refractivity contribution in [3.63, 3.8) is 0 Å². The Labute approximate surface area is 145 Å². The molecule has 1 heterocycles. The number of hydrogen-bond donors (Lipinski definition) is 0. The van der Waals surface area contributed by atoms with Crippen LogP contribution in [0.3, 0.4) is 0 Å². The molecule has 1 aliphatic heterocycles. The molecule has 24 heavy (non-hydrogen) atoms. The summed E-state index contributed by atoms with van der Waals surface area (Å²) < 4.78 is 6.52. The fraction of sp³-hybridized carbons (Fsp3) is 0.810. The molecule has 2 fully saturated rings. The van der Waals surface area contributed by atoms with E-state index in [1.807, 2.05) is 0 Å². The van der Waals surface area contributed by atoms with Crippen LogP contribution in [-0.4, -0.2) is 17.2 Å². The van der Waals surface area contributed by atoms with Gasteiger partial charge in [-0.3, -0.25) is 9.59 Å². The summed E-state index contributed by atoms with van der Waals surface area (Å²) in [6.07, 6.45) is 8.11. The van der Waals surface area contributed by atoms with E-state index in [1.54, 1.807) is 0 Å². The van der Waals surface area contributed by atoms with E-state index in [9.17, 15) is 9.59 Å². The molecule has 4 atom stereocenters. The van der Waals surface area contributed by atoms with E-state index in [4.69, 9.17) is 4.74 Å². The van der Waals surface area contributed by atoms with Gasteiger partial charge in [0, 0.05) is 36.7 Å². The Hall–Kier alpha value is -1.12. The van der Waals surface area contributed by atoms with Gasteiger partial charge in [-0.25, -0.2) is 0 Å². The Balaban J connectivity index is 1.68. The van der Waals surface area contributed by atoms with E-state index in [2.05, 4.69) is 20.8 Å². The van der Waals surface area contributed by atoms with E-state index >= 15 is 0 Å². The topological polar surface area (TPSA) is 43.4 Å². The number of carbonyl (C=O) groups is 2. The third kappa shape index (κ3) is 2.46. The van der Waals surface area contributed by atoms with Crippen LogP contribution in [0.2, 0.25) is 0 Å². The number of hydrogen-bond acceptors (Lipinski definition) is 3. The van der Waals surface area contributed by atoms with Crippen LogP contribution in [-0.2, 0) is 14.3 Å². The molecule has 4 aliphatic rings. The van der Waals surface area contributed by atoms with Crippen LogP contribution in [0.5, 0.6) is 0 Å². The van der Waals surface area contributed by atoms with Crippen LogP contribution >= 0.6 is 0 Å². The van der Waals surface area contributed by atoms with Crippen molar-refractivity contribution in [3.05, 3.63) is 11.3 Å². The van der Waals surface area contributed by atoms with E-state index in [0.29, 0.717) is 24.0 Å². The van der Waals surface area contributed by atoms with Gasteiger partial charge in [0.2, 0.25) is 0 Å². The fourth-order valence-corrected chi connectivity index (χ4v) is 5.89. The lowest BCUT2D eigenvalue weighted by Crippen LogP contribution is -2.53. The molecule has 3 heteroatoms. The lowest BCUT2D eigenvalue weighted by Gasteiger charge is -2.54. The number of ether oxygens (including phenoxy) is 1. The number of fused-ring (bicyclic) bond motifs is 2. The molecule has 4 rings (SSSR count). The first-order valence-corrected chi connectivity index (χ1v) is 9.77. The van der Waals surface area contributed by atoms with Crippen LogP contribution in [0, 0.1) is 23.2 Å². The minimum absolute atomic E-state index is 0.171. The molecule has 0 aromatic heterocycles. The smallest absolute Gasteiger partial charge is 0.162 e. The molecule has 0 radical (unpaired) electrons. The molecule has 3 aliphatic carbocycles. The summed E-state index contributed by atoms with van der Waals surface area (Å²) in [7, 11) is 0. The van der Waals surface area contributed by atoms with Crippen LogP contribution in [0.15, 0.2) is 11.3 Å². The van der Waals surface area contributed by atoms with Crippen molar-refractivity contribution in [1.82, 2.24) is 0 Å². The maximum Gasteiger partial charge on any atom is 0.162 e. The summed E-state index contributed by atoms with van der Waals surface area (Å²) in [6.45, 7) is 6.91. The van der Waals surface area contributed by atoms with Crippen LogP contribution < -0.4 is 0 Å². The summed E-state index contributed by atoms with van der Waals surface area (Å²) in [4.78, 5) is 25.1. The zero-order valence-electron chi connectivity index (χ0n) is 15.3. The first kappa shape index (κ1) is 16.4. The van der Waals surface area contributed by atoms with Gasteiger partial charge in [0.05, 0.1) is 0 Å². The number of allylic oxidation sites excluding steroid dienone is 2. The molecule has 0 N–H and O–H groups in total. The zero-order chi connectivity index (χ0) is 17.1. The average Bonchev–Trinajstić information content (AvgIpc) is 2.61. The molecule has 0 bridgehead atoms. The third-order valence-electron chi connectivity index (χ3n) is 7.46. The van der Waals surface area contributed by atoms with Crippen molar-refractivity contribution in [2.45, 2.75) is 84.2 Å². The van der Waals surface area contributed by atoms with Crippen molar-refractivity contribution in [2.75, 3.05) is 0 Å². The molecular weight excluding hydrogens is 300 g/mol. The van der Waals surface area contributed by atoms with Crippen LogP contribution in [0.1, 0.15) is 78.6 Å². The molecule has 0 saturated heterocycles. The van der Waals surface area contributed by atoms with E-state index in [0.717, 1.165) is 62.7 Å². The minimum atomic E-state index is -0.195. The maximum absolute atomic E-state index is 12.7. The molecule has 0 aromatic carbocycles. The number of rotatable bonds is 0. The standard InChI is InChI=1S/C21H30O3/c1-20(2)9-5-7-17(22)14-10-13-11-15-18(23)6-4-8-19(15)24-21(13,3)12-16(14)20/h13-14,16H,4-12H2,1-3H3/t13-,14-,16-,21-/m1/s1. The fourth-order valence-electron chi connectivity index (χ4n) is 5.89. The van der Waals surface area contributed by atoms with Gasteiger partial charge >= 0.3 is 0 Å². The van der Waals surface area contributed by atoms with Crippen molar-refractivity contribution >= 4 is 11.6 Å². The molecule has 0 aromatic rings.